The van der Waals surface area contributed by atoms with Gasteiger partial charge in [-0.1, -0.05) is 0 Å². The highest BCUT2D eigenvalue weighted by molar-refractivity contribution is 7.88. The highest BCUT2D eigenvalue weighted by Crippen LogP contribution is 2.16. The third-order valence-corrected chi connectivity index (χ3v) is 2.71. The van der Waals surface area contributed by atoms with Gasteiger partial charge in [0, 0.05) is 13.1 Å². The Morgan fingerprint density at radius 2 is 1.81 bits per heavy atom. The molecule has 0 saturated heterocycles. The number of amides is 2. The first-order valence-corrected chi connectivity index (χ1v) is 7.56. The van der Waals surface area contributed by atoms with Crippen LogP contribution in [0.1, 0.15) is 6.42 Å². The third kappa shape index (κ3) is 11.9. The molecule has 0 atom stereocenters. The van der Waals surface area contributed by atoms with Gasteiger partial charge in [-0.15, -0.1) is 0 Å². The average molecular weight is 335 g/mol. The fraction of sp³-hybridized carbons (Fsp3) is 0.778. The highest BCUT2D eigenvalue weighted by atomic mass is 32.2. The molecule has 0 bridgehead atoms. The Morgan fingerprint density at radius 1 is 1.24 bits per heavy atom. The molecule has 2 amide bonds. The maximum Gasteiger partial charge on any atom is 0.406 e. The number of nitrogens with one attached hydrogen (secondary N) is 2. The molecule has 124 valence electrons. The van der Waals surface area contributed by atoms with E-state index in [4.69, 9.17) is 5.11 Å². The number of hydrogen-bond donors (Lipinski definition) is 3. The maximum atomic E-state index is 12.2. The first-order chi connectivity index (χ1) is 9.41. The highest BCUT2D eigenvalue weighted by Gasteiger charge is 2.33. The van der Waals surface area contributed by atoms with Gasteiger partial charge in [-0.25, -0.2) is 17.9 Å². The van der Waals surface area contributed by atoms with E-state index in [1.54, 1.807) is 0 Å². The average Bonchev–Trinajstić information content (AvgIpc) is 2.23. The van der Waals surface area contributed by atoms with Crippen LogP contribution in [-0.4, -0.2) is 69.0 Å². The second kappa shape index (κ2) is 8.02. The summed E-state index contributed by atoms with van der Waals surface area (Å²) in [6, 6.07) is -1.19. The van der Waals surface area contributed by atoms with Gasteiger partial charge < -0.3 is 15.3 Å². The summed E-state index contributed by atoms with van der Waals surface area (Å²) in [6.45, 7) is -2.88. The fourth-order valence-electron chi connectivity index (χ4n) is 1.23. The number of carboxylic acids is 1. The van der Waals surface area contributed by atoms with Gasteiger partial charge in [-0.2, -0.15) is 13.2 Å². The monoisotopic (exact) mass is 335 g/mol. The molecule has 8 nitrogen and oxygen atoms in total. The zero-order valence-electron chi connectivity index (χ0n) is 11.1. The minimum Gasteiger partial charge on any atom is -0.480 e. The van der Waals surface area contributed by atoms with E-state index >= 15 is 0 Å². The minimum absolute atomic E-state index is 0.00266. The first-order valence-electron chi connectivity index (χ1n) is 5.66. The zero-order chi connectivity index (χ0) is 16.7. The van der Waals surface area contributed by atoms with E-state index < -0.39 is 41.3 Å². The second-order valence-electron chi connectivity index (χ2n) is 4.12. The summed E-state index contributed by atoms with van der Waals surface area (Å²) in [7, 11) is -3.38. The lowest BCUT2D eigenvalue weighted by Crippen LogP contribution is -2.47. The van der Waals surface area contributed by atoms with E-state index in [0.717, 1.165) is 6.26 Å². The molecule has 12 heteroatoms. The molecule has 0 aromatic carbocycles. The SMILES string of the molecule is CS(=O)(=O)NCCCNC(=O)N(CC(=O)O)CC(F)(F)F. The number of alkyl halides is 3. The Kier molecular flexibility index (Phi) is 7.43. The molecule has 0 aliphatic carbocycles. The summed E-state index contributed by atoms with van der Waals surface area (Å²) in [5.74, 6) is -1.58. The van der Waals surface area contributed by atoms with E-state index in [-0.39, 0.29) is 24.4 Å². The number of carbonyl (C=O) groups is 2. The standard InChI is InChI=1S/C9H16F3N3O5S/c1-21(19,20)14-4-2-3-13-8(18)15(5-7(16)17)6-9(10,11)12/h14H,2-6H2,1H3,(H,13,18)(H,16,17). The van der Waals surface area contributed by atoms with Crippen molar-refractivity contribution in [2.24, 2.45) is 0 Å². The molecule has 0 aliphatic heterocycles. The van der Waals surface area contributed by atoms with Gasteiger partial charge in [-0.05, 0) is 6.42 Å². The first kappa shape index (κ1) is 19.4. The van der Waals surface area contributed by atoms with Crippen LogP contribution in [0.15, 0.2) is 0 Å². The summed E-state index contributed by atoms with van der Waals surface area (Å²) in [6.07, 6.45) is -3.64. The van der Waals surface area contributed by atoms with Crippen LogP contribution < -0.4 is 10.0 Å². The molecule has 0 aromatic rings. The van der Waals surface area contributed by atoms with Gasteiger partial charge in [0.05, 0.1) is 6.26 Å². The smallest absolute Gasteiger partial charge is 0.406 e. The predicted molar refractivity (Wildman–Crippen MR) is 66.1 cm³/mol. The van der Waals surface area contributed by atoms with Crippen molar-refractivity contribution >= 4 is 22.0 Å². The van der Waals surface area contributed by atoms with Crippen LogP contribution in [0.5, 0.6) is 0 Å². The van der Waals surface area contributed by atoms with Crippen molar-refractivity contribution in [2.45, 2.75) is 12.6 Å². The number of rotatable bonds is 8. The number of carboxylic acid groups (broad SMARTS) is 1. The number of carbonyl (C=O) groups excluding carboxylic acids is 1. The molecule has 0 rings (SSSR count). The molecule has 0 aliphatic rings. The number of hydrogen-bond acceptors (Lipinski definition) is 4. The topological polar surface area (TPSA) is 116 Å². The van der Waals surface area contributed by atoms with E-state index in [0.29, 0.717) is 0 Å². The molecule has 0 spiro atoms. The van der Waals surface area contributed by atoms with Crippen molar-refractivity contribution < 1.29 is 36.3 Å². The van der Waals surface area contributed by atoms with Crippen molar-refractivity contribution in [3.05, 3.63) is 0 Å². The quantitative estimate of drug-likeness (QED) is 0.521. The number of nitrogens with zero attached hydrogens (tertiary/aromatic N) is 1. The predicted octanol–water partition coefficient (Wildman–Crippen LogP) is -0.416. The van der Waals surface area contributed by atoms with Crippen molar-refractivity contribution in [1.29, 1.82) is 0 Å². The van der Waals surface area contributed by atoms with Gasteiger partial charge in [0.15, 0.2) is 0 Å². The zero-order valence-corrected chi connectivity index (χ0v) is 11.9. The molecular weight excluding hydrogens is 319 g/mol. The Morgan fingerprint density at radius 3 is 2.24 bits per heavy atom. The van der Waals surface area contributed by atoms with Crippen LogP contribution in [0.2, 0.25) is 0 Å². The summed E-state index contributed by atoms with van der Waals surface area (Å²) in [4.78, 5) is 22.0. The molecule has 0 aromatic heterocycles. The summed E-state index contributed by atoms with van der Waals surface area (Å²) in [5, 5.41) is 10.5. The molecule has 0 radical (unpaired) electrons. The number of urea groups is 1. The summed E-state index contributed by atoms with van der Waals surface area (Å²) < 4.78 is 60.2. The Bertz CT molecular complexity index is 466. The van der Waals surface area contributed by atoms with Gasteiger partial charge >= 0.3 is 18.2 Å². The molecule has 0 unspecified atom stereocenters. The molecule has 0 fully saturated rings. The van der Waals surface area contributed by atoms with E-state index in [9.17, 15) is 31.2 Å². The van der Waals surface area contributed by atoms with Crippen LogP contribution >= 0.6 is 0 Å². The normalized spacial score (nSPS) is 12.0. The maximum absolute atomic E-state index is 12.2. The van der Waals surface area contributed by atoms with Crippen LogP contribution in [0, 0.1) is 0 Å². The molecule has 3 N–H and O–H groups in total. The molecule has 21 heavy (non-hydrogen) atoms. The number of halogens is 3. The summed E-state index contributed by atoms with van der Waals surface area (Å²) in [5.41, 5.74) is 0. The Balaban J connectivity index is 4.26. The van der Waals surface area contributed by atoms with Crippen molar-refractivity contribution in [2.75, 3.05) is 32.4 Å². The minimum atomic E-state index is -4.72. The van der Waals surface area contributed by atoms with Crippen molar-refractivity contribution in [1.82, 2.24) is 14.9 Å². The van der Waals surface area contributed by atoms with E-state index in [2.05, 4.69) is 10.0 Å². The van der Waals surface area contributed by atoms with Crippen LogP contribution in [-0.2, 0) is 14.8 Å². The lowest BCUT2D eigenvalue weighted by molar-refractivity contribution is -0.148. The Hall–Kier alpha value is -1.56. The third-order valence-electron chi connectivity index (χ3n) is 1.98. The number of aliphatic carboxylic acids is 1. The van der Waals surface area contributed by atoms with Crippen LogP contribution in [0.3, 0.4) is 0 Å². The van der Waals surface area contributed by atoms with Crippen LogP contribution in [0.4, 0.5) is 18.0 Å². The number of sulfonamides is 1. The Labute approximate surface area is 119 Å². The van der Waals surface area contributed by atoms with Crippen molar-refractivity contribution in [3.8, 4) is 0 Å². The van der Waals surface area contributed by atoms with Gasteiger partial charge in [0.2, 0.25) is 10.0 Å². The van der Waals surface area contributed by atoms with E-state index in [1.807, 2.05) is 0 Å². The molecule has 0 saturated carbocycles. The van der Waals surface area contributed by atoms with Gasteiger partial charge in [-0.3, -0.25) is 4.79 Å². The lowest BCUT2D eigenvalue weighted by Gasteiger charge is -2.22. The molecular formula is C9H16F3N3O5S. The van der Waals surface area contributed by atoms with E-state index in [1.165, 1.54) is 0 Å². The van der Waals surface area contributed by atoms with Gasteiger partial charge in [0.1, 0.15) is 13.1 Å². The summed E-state index contributed by atoms with van der Waals surface area (Å²) >= 11 is 0. The van der Waals surface area contributed by atoms with Gasteiger partial charge in [0.25, 0.3) is 0 Å². The fourth-order valence-corrected chi connectivity index (χ4v) is 1.75. The largest absolute Gasteiger partial charge is 0.480 e. The molecule has 0 heterocycles. The van der Waals surface area contributed by atoms with Crippen LogP contribution in [0.25, 0.3) is 0 Å². The lowest BCUT2D eigenvalue weighted by atomic mass is 10.4. The van der Waals surface area contributed by atoms with Crippen molar-refractivity contribution in [3.63, 3.8) is 0 Å². The second-order valence-corrected chi connectivity index (χ2v) is 5.95.